The van der Waals surface area contributed by atoms with Gasteiger partial charge in [0.1, 0.15) is 0 Å². The van der Waals surface area contributed by atoms with Crippen molar-refractivity contribution in [1.82, 2.24) is 9.63 Å². The van der Waals surface area contributed by atoms with Gasteiger partial charge < -0.3 is 10.3 Å². The van der Waals surface area contributed by atoms with Gasteiger partial charge in [-0.25, -0.2) is 4.90 Å². The van der Waals surface area contributed by atoms with Crippen LogP contribution in [0.2, 0.25) is 0 Å². The normalized spacial score (nSPS) is 22.1. The summed E-state index contributed by atoms with van der Waals surface area (Å²) in [5.41, 5.74) is 9.03. The summed E-state index contributed by atoms with van der Waals surface area (Å²) >= 11 is 0. The SMILES string of the molecule is CCn1c2ccccc2c2cc(C3C4C(=O)N(c5ccccc5)C(=O)C4ON3CCC(N)=O)ccc21. The second-order valence-corrected chi connectivity index (χ2v) is 9.24. The third-order valence-corrected chi connectivity index (χ3v) is 7.24. The number of rotatable bonds is 6. The zero-order valence-electron chi connectivity index (χ0n) is 19.8. The van der Waals surface area contributed by atoms with E-state index >= 15 is 0 Å². The average molecular weight is 483 g/mol. The van der Waals surface area contributed by atoms with Crippen LogP contribution in [0.15, 0.2) is 72.8 Å². The maximum atomic E-state index is 13.7. The van der Waals surface area contributed by atoms with E-state index in [4.69, 9.17) is 10.6 Å². The van der Waals surface area contributed by atoms with Crippen molar-refractivity contribution in [3.63, 3.8) is 0 Å². The number of nitrogens with two attached hydrogens (primary N) is 1. The molecule has 0 bridgehead atoms. The van der Waals surface area contributed by atoms with Crippen LogP contribution >= 0.6 is 0 Å². The minimum Gasteiger partial charge on any atom is -0.370 e. The summed E-state index contributed by atoms with van der Waals surface area (Å²) in [6.45, 7) is 3.12. The number of nitrogens with zero attached hydrogens (tertiary/aromatic N) is 3. The summed E-state index contributed by atoms with van der Waals surface area (Å²) in [6.07, 6.45) is -0.902. The fourth-order valence-electron chi connectivity index (χ4n) is 5.68. The number of primary amides is 1. The lowest BCUT2D eigenvalue weighted by atomic mass is 9.90. The van der Waals surface area contributed by atoms with Crippen molar-refractivity contribution in [3.05, 3.63) is 78.4 Å². The number of fused-ring (bicyclic) bond motifs is 4. The predicted octanol–water partition coefficient (Wildman–Crippen LogP) is 3.54. The molecule has 3 atom stereocenters. The number of anilines is 1. The van der Waals surface area contributed by atoms with Gasteiger partial charge in [-0.15, -0.1) is 0 Å². The molecule has 2 aliphatic rings. The number of aryl methyl sites for hydroxylation is 1. The Morgan fingerprint density at radius 3 is 2.39 bits per heavy atom. The van der Waals surface area contributed by atoms with Gasteiger partial charge in [0.15, 0.2) is 6.10 Å². The van der Waals surface area contributed by atoms with Crippen molar-refractivity contribution in [2.45, 2.75) is 32.0 Å². The highest BCUT2D eigenvalue weighted by Crippen LogP contribution is 2.46. The molecular formula is C28H26N4O4. The lowest BCUT2D eigenvalue weighted by molar-refractivity contribution is -0.173. The molecule has 0 spiro atoms. The van der Waals surface area contributed by atoms with Crippen LogP contribution in [0.5, 0.6) is 0 Å². The van der Waals surface area contributed by atoms with Gasteiger partial charge in [0, 0.05) is 41.3 Å². The molecule has 0 saturated carbocycles. The first-order valence-corrected chi connectivity index (χ1v) is 12.1. The Hall–Kier alpha value is -4.01. The zero-order valence-corrected chi connectivity index (χ0v) is 19.8. The van der Waals surface area contributed by atoms with Crippen LogP contribution in [0, 0.1) is 5.92 Å². The van der Waals surface area contributed by atoms with Crippen molar-refractivity contribution >= 4 is 45.2 Å². The lowest BCUT2D eigenvalue weighted by Crippen LogP contribution is -2.38. The Morgan fingerprint density at radius 1 is 0.917 bits per heavy atom. The maximum absolute atomic E-state index is 13.7. The summed E-state index contributed by atoms with van der Waals surface area (Å²) in [5.74, 6) is -1.91. The van der Waals surface area contributed by atoms with Crippen LogP contribution in [0.4, 0.5) is 5.69 Å². The Kier molecular flexibility index (Phi) is 5.35. The van der Waals surface area contributed by atoms with Gasteiger partial charge in [0.05, 0.1) is 17.6 Å². The average Bonchev–Trinajstić information content (AvgIpc) is 3.50. The Labute approximate surface area is 207 Å². The van der Waals surface area contributed by atoms with E-state index in [1.54, 1.807) is 29.3 Å². The molecule has 8 heteroatoms. The summed E-state index contributed by atoms with van der Waals surface area (Å²) in [4.78, 5) is 45.9. The molecule has 2 fully saturated rings. The second-order valence-electron chi connectivity index (χ2n) is 9.24. The van der Waals surface area contributed by atoms with Crippen molar-refractivity contribution in [2.75, 3.05) is 11.4 Å². The number of amides is 3. The van der Waals surface area contributed by atoms with Gasteiger partial charge >= 0.3 is 0 Å². The zero-order chi connectivity index (χ0) is 25.0. The molecule has 182 valence electrons. The molecule has 2 saturated heterocycles. The number of benzene rings is 3. The Bertz CT molecular complexity index is 1510. The van der Waals surface area contributed by atoms with E-state index in [0.717, 1.165) is 33.9 Å². The Morgan fingerprint density at radius 2 is 1.64 bits per heavy atom. The fraction of sp³-hybridized carbons (Fsp3) is 0.250. The van der Waals surface area contributed by atoms with E-state index in [0.29, 0.717) is 5.69 Å². The second kappa shape index (κ2) is 8.58. The molecule has 36 heavy (non-hydrogen) atoms. The number of imide groups is 1. The quantitative estimate of drug-likeness (QED) is 0.424. The minimum atomic E-state index is -0.955. The number of hydroxylamine groups is 2. The van der Waals surface area contributed by atoms with Crippen LogP contribution in [-0.2, 0) is 25.8 Å². The molecule has 6 rings (SSSR count). The minimum absolute atomic E-state index is 0.0537. The monoisotopic (exact) mass is 482 g/mol. The molecule has 1 aromatic heterocycles. The number of carbonyl (C=O) groups is 3. The summed E-state index contributed by atoms with van der Waals surface area (Å²) < 4.78 is 2.26. The topological polar surface area (TPSA) is 97.9 Å². The van der Waals surface area contributed by atoms with Crippen LogP contribution in [-0.4, -0.2) is 40.0 Å². The fourth-order valence-corrected chi connectivity index (χ4v) is 5.68. The number of aromatic nitrogens is 1. The number of hydrogen-bond acceptors (Lipinski definition) is 5. The third-order valence-electron chi connectivity index (χ3n) is 7.24. The summed E-state index contributed by atoms with van der Waals surface area (Å²) in [5, 5.41) is 3.79. The summed E-state index contributed by atoms with van der Waals surface area (Å²) in [7, 11) is 0. The van der Waals surface area contributed by atoms with Gasteiger partial charge in [0.2, 0.25) is 11.8 Å². The molecule has 2 N–H and O–H groups in total. The first kappa shape index (κ1) is 22.5. The van der Waals surface area contributed by atoms with E-state index < -0.39 is 29.9 Å². The maximum Gasteiger partial charge on any atom is 0.265 e. The third kappa shape index (κ3) is 3.33. The van der Waals surface area contributed by atoms with E-state index in [2.05, 4.69) is 35.8 Å². The molecule has 0 radical (unpaired) electrons. The summed E-state index contributed by atoms with van der Waals surface area (Å²) in [6, 6.07) is 22.7. The van der Waals surface area contributed by atoms with E-state index in [-0.39, 0.29) is 18.9 Å². The molecule has 3 aromatic carbocycles. The highest BCUT2D eigenvalue weighted by Gasteiger charge is 2.59. The van der Waals surface area contributed by atoms with E-state index in [9.17, 15) is 14.4 Å². The molecular weight excluding hydrogens is 456 g/mol. The van der Waals surface area contributed by atoms with Crippen molar-refractivity contribution in [3.8, 4) is 0 Å². The largest absolute Gasteiger partial charge is 0.370 e. The number of para-hydroxylation sites is 2. The molecule has 3 heterocycles. The highest BCUT2D eigenvalue weighted by molar-refractivity contribution is 6.23. The van der Waals surface area contributed by atoms with E-state index in [1.807, 2.05) is 24.3 Å². The standard InChI is InChI=1S/C28H26N4O4/c1-2-30-21-11-7-6-10-19(21)20-16-17(12-13-22(20)30)25-24-26(36-31(25)15-14-23(29)33)28(35)32(27(24)34)18-8-4-3-5-9-18/h3-13,16,24-26H,2,14-15H2,1H3,(H2,29,33). The van der Waals surface area contributed by atoms with Gasteiger partial charge in [0.25, 0.3) is 5.91 Å². The van der Waals surface area contributed by atoms with Crippen LogP contribution in [0.3, 0.4) is 0 Å². The van der Waals surface area contributed by atoms with Crippen molar-refractivity contribution < 1.29 is 19.2 Å². The molecule has 2 aliphatic heterocycles. The van der Waals surface area contributed by atoms with Crippen molar-refractivity contribution in [1.29, 1.82) is 0 Å². The molecule has 3 unspecified atom stereocenters. The van der Waals surface area contributed by atoms with Gasteiger partial charge in [-0.2, -0.15) is 5.06 Å². The molecule has 0 aliphatic carbocycles. The first-order valence-electron chi connectivity index (χ1n) is 12.1. The first-order chi connectivity index (χ1) is 17.5. The lowest BCUT2D eigenvalue weighted by Gasteiger charge is -2.27. The smallest absolute Gasteiger partial charge is 0.265 e. The predicted molar refractivity (Wildman–Crippen MR) is 136 cm³/mol. The van der Waals surface area contributed by atoms with E-state index in [1.165, 1.54) is 4.90 Å². The number of hydrogen-bond donors (Lipinski definition) is 1. The van der Waals surface area contributed by atoms with Crippen LogP contribution in [0.25, 0.3) is 21.8 Å². The molecule has 4 aromatic rings. The molecule has 3 amide bonds. The van der Waals surface area contributed by atoms with Gasteiger partial charge in [-0.05, 0) is 42.8 Å². The highest BCUT2D eigenvalue weighted by atomic mass is 16.7. The van der Waals surface area contributed by atoms with Crippen molar-refractivity contribution in [2.24, 2.45) is 11.7 Å². The van der Waals surface area contributed by atoms with Gasteiger partial charge in [-0.1, -0.05) is 42.5 Å². The number of carbonyl (C=O) groups excluding carboxylic acids is 3. The van der Waals surface area contributed by atoms with Crippen LogP contribution < -0.4 is 10.6 Å². The van der Waals surface area contributed by atoms with Gasteiger partial charge in [-0.3, -0.25) is 19.2 Å². The molecule has 8 nitrogen and oxygen atoms in total. The van der Waals surface area contributed by atoms with Crippen LogP contribution in [0.1, 0.15) is 24.9 Å². The Balaban J connectivity index is 1.47.